The second-order valence-electron chi connectivity index (χ2n) is 2.63. The lowest BCUT2D eigenvalue weighted by Crippen LogP contribution is -2.46. The quantitative estimate of drug-likeness (QED) is 0.568. The zero-order valence-corrected chi connectivity index (χ0v) is 6.17. The molecular weight excluding hydrogens is 146 g/mol. The van der Waals surface area contributed by atoms with E-state index in [0.29, 0.717) is 6.42 Å². The van der Waals surface area contributed by atoms with Gasteiger partial charge in [0.15, 0.2) is 0 Å². The van der Waals surface area contributed by atoms with Gasteiger partial charge in [0.2, 0.25) is 0 Å². The van der Waals surface area contributed by atoms with Gasteiger partial charge in [-0.3, -0.25) is 0 Å². The van der Waals surface area contributed by atoms with E-state index in [1.807, 2.05) is 0 Å². The number of aliphatic hydroxyl groups is 1. The first-order valence-corrected chi connectivity index (χ1v) is 3.39. The number of cyclic esters (lactones) is 1. The van der Waals surface area contributed by atoms with Gasteiger partial charge in [-0.15, -0.1) is 6.58 Å². The maximum Gasteiger partial charge on any atom is 0.407 e. The Morgan fingerprint density at radius 3 is 3.00 bits per heavy atom. The normalized spacial score (nSPS) is 29.4. The van der Waals surface area contributed by atoms with E-state index in [9.17, 15) is 4.79 Å². The van der Waals surface area contributed by atoms with Gasteiger partial charge in [-0.2, -0.15) is 0 Å². The monoisotopic (exact) mass is 157 g/mol. The standard InChI is InChI=1S/C7H11NO3/c1-2-3-7(4-9)5-11-6(10)8-7/h2,9H,1,3-5H2,(H,8,10). The third-order valence-corrected chi connectivity index (χ3v) is 1.68. The van der Waals surface area contributed by atoms with Crippen molar-refractivity contribution in [3.8, 4) is 0 Å². The molecule has 0 radical (unpaired) electrons. The molecule has 4 heteroatoms. The van der Waals surface area contributed by atoms with E-state index >= 15 is 0 Å². The molecule has 1 saturated heterocycles. The van der Waals surface area contributed by atoms with Crippen molar-refractivity contribution < 1.29 is 14.6 Å². The molecule has 0 aromatic rings. The highest BCUT2D eigenvalue weighted by Gasteiger charge is 2.37. The molecule has 1 aliphatic rings. The van der Waals surface area contributed by atoms with Crippen LogP contribution in [-0.2, 0) is 4.74 Å². The maximum atomic E-state index is 10.6. The van der Waals surface area contributed by atoms with Crippen molar-refractivity contribution >= 4 is 6.09 Å². The van der Waals surface area contributed by atoms with Crippen LogP contribution in [0.5, 0.6) is 0 Å². The Balaban J connectivity index is 2.61. The van der Waals surface area contributed by atoms with E-state index in [1.165, 1.54) is 0 Å². The van der Waals surface area contributed by atoms with Crippen LogP contribution in [0.3, 0.4) is 0 Å². The predicted octanol–water partition coefficient (Wildman–Crippen LogP) is 0.0334. The molecule has 0 aliphatic carbocycles. The van der Waals surface area contributed by atoms with Gasteiger partial charge in [-0.1, -0.05) is 6.08 Å². The van der Waals surface area contributed by atoms with Crippen LogP contribution >= 0.6 is 0 Å². The second kappa shape index (κ2) is 2.92. The van der Waals surface area contributed by atoms with Crippen LogP contribution in [0.1, 0.15) is 6.42 Å². The first-order valence-electron chi connectivity index (χ1n) is 3.39. The number of aliphatic hydroxyl groups excluding tert-OH is 1. The summed E-state index contributed by atoms with van der Waals surface area (Å²) in [5.74, 6) is 0. The average molecular weight is 157 g/mol. The summed E-state index contributed by atoms with van der Waals surface area (Å²) in [6.07, 6.45) is 1.70. The van der Waals surface area contributed by atoms with Gasteiger partial charge in [0, 0.05) is 0 Å². The van der Waals surface area contributed by atoms with E-state index in [0.717, 1.165) is 0 Å². The molecule has 0 saturated carbocycles. The van der Waals surface area contributed by atoms with Crippen molar-refractivity contribution in [2.24, 2.45) is 0 Å². The lowest BCUT2D eigenvalue weighted by molar-refractivity contribution is 0.146. The van der Waals surface area contributed by atoms with Crippen LogP contribution in [0.4, 0.5) is 4.79 Å². The number of carbonyl (C=O) groups is 1. The van der Waals surface area contributed by atoms with Gasteiger partial charge < -0.3 is 15.2 Å². The minimum absolute atomic E-state index is 0.120. The van der Waals surface area contributed by atoms with Crippen molar-refractivity contribution in [3.63, 3.8) is 0 Å². The van der Waals surface area contributed by atoms with E-state index in [1.54, 1.807) is 6.08 Å². The Hall–Kier alpha value is -1.03. The number of carbonyl (C=O) groups excluding carboxylic acids is 1. The summed E-state index contributed by atoms with van der Waals surface area (Å²) in [7, 11) is 0. The lowest BCUT2D eigenvalue weighted by Gasteiger charge is -2.21. The van der Waals surface area contributed by atoms with Crippen molar-refractivity contribution in [2.75, 3.05) is 13.2 Å². The lowest BCUT2D eigenvalue weighted by atomic mass is 9.99. The Bertz CT molecular complexity index is 181. The zero-order valence-electron chi connectivity index (χ0n) is 6.17. The predicted molar refractivity (Wildman–Crippen MR) is 39.1 cm³/mol. The Morgan fingerprint density at radius 1 is 1.91 bits per heavy atom. The first-order chi connectivity index (χ1) is 5.22. The van der Waals surface area contributed by atoms with Gasteiger partial charge in [0.05, 0.1) is 6.61 Å². The van der Waals surface area contributed by atoms with Crippen molar-refractivity contribution in [1.82, 2.24) is 5.32 Å². The highest BCUT2D eigenvalue weighted by Crippen LogP contribution is 2.16. The largest absolute Gasteiger partial charge is 0.447 e. The molecule has 11 heavy (non-hydrogen) atoms. The Morgan fingerprint density at radius 2 is 2.64 bits per heavy atom. The van der Waals surface area contributed by atoms with Gasteiger partial charge in [0.25, 0.3) is 0 Å². The number of ether oxygens (including phenoxy) is 1. The summed E-state index contributed by atoms with van der Waals surface area (Å²) in [5, 5.41) is 11.5. The Labute approximate surface area is 64.9 Å². The van der Waals surface area contributed by atoms with Gasteiger partial charge in [-0.05, 0) is 6.42 Å². The number of amides is 1. The summed E-state index contributed by atoms with van der Waals surface area (Å²) in [4.78, 5) is 10.6. The van der Waals surface area contributed by atoms with Crippen LogP contribution in [0.2, 0.25) is 0 Å². The van der Waals surface area contributed by atoms with Gasteiger partial charge in [-0.25, -0.2) is 4.79 Å². The summed E-state index contributed by atoms with van der Waals surface area (Å²) >= 11 is 0. The van der Waals surface area contributed by atoms with Crippen LogP contribution in [0, 0.1) is 0 Å². The van der Waals surface area contributed by atoms with Gasteiger partial charge >= 0.3 is 6.09 Å². The fourth-order valence-electron chi connectivity index (χ4n) is 1.03. The first kappa shape index (κ1) is 8.07. The third-order valence-electron chi connectivity index (χ3n) is 1.68. The highest BCUT2D eigenvalue weighted by atomic mass is 16.6. The number of hydrogen-bond donors (Lipinski definition) is 2. The number of hydrogen-bond acceptors (Lipinski definition) is 3. The minimum Gasteiger partial charge on any atom is -0.447 e. The molecule has 2 N–H and O–H groups in total. The van der Waals surface area contributed by atoms with Gasteiger partial charge in [0.1, 0.15) is 12.1 Å². The second-order valence-corrected chi connectivity index (χ2v) is 2.63. The topological polar surface area (TPSA) is 58.6 Å². The smallest absolute Gasteiger partial charge is 0.407 e. The SMILES string of the molecule is C=CCC1(CO)COC(=O)N1. The van der Waals surface area contributed by atoms with Crippen molar-refractivity contribution in [1.29, 1.82) is 0 Å². The van der Waals surface area contributed by atoms with Crippen LogP contribution < -0.4 is 5.32 Å². The summed E-state index contributed by atoms with van der Waals surface area (Å²) in [6, 6.07) is 0. The van der Waals surface area contributed by atoms with Crippen LogP contribution in [-0.4, -0.2) is 30.0 Å². The zero-order chi connectivity index (χ0) is 8.32. The molecule has 1 atom stereocenters. The summed E-state index contributed by atoms with van der Waals surface area (Å²) in [6.45, 7) is 3.62. The molecule has 1 aliphatic heterocycles. The maximum absolute atomic E-state index is 10.6. The molecule has 0 aromatic carbocycles. The summed E-state index contributed by atoms with van der Waals surface area (Å²) in [5.41, 5.74) is -0.626. The van der Waals surface area contributed by atoms with E-state index in [4.69, 9.17) is 5.11 Å². The fraction of sp³-hybridized carbons (Fsp3) is 0.571. The average Bonchev–Trinajstić information content (AvgIpc) is 2.34. The molecule has 1 heterocycles. The minimum atomic E-state index is -0.626. The van der Waals surface area contributed by atoms with Crippen molar-refractivity contribution in [3.05, 3.63) is 12.7 Å². The van der Waals surface area contributed by atoms with Crippen LogP contribution in [0.15, 0.2) is 12.7 Å². The highest BCUT2D eigenvalue weighted by molar-refractivity contribution is 5.70. The molecular formula is C7H11NO3. The summed E-state index contributed by atoms with van der Waals surface area (Å²) < 4.78 is 4.65. The third kappa shape index (κ3) is 1.51. The molecule has 0 aromatic heterocycles. The molecule has 1 unspecified atom stereocenters. The van der Waals surface area contributed by atoms with Crippen molar-refractivity contribution in [2.45, 2.75) is 12.0 Å². The molecule has 1 fully saturated rings. The molecule has 4 nitrogen and oxygen atoms in total. The Kier molecular flexibility index (Phi) is 2.14. The van der Waals surface area contributed by atoms with Crippen LogP contribution in [0.25, 0.3) is 0 Å². The van der Waals surface area contributed by atoms with E-state index < -0.39 is 11.6 Å². The number of rotatable bonds is 3. The molecule has 1 rings (SSSR count). The molecule has 0 spiro atoms. The number of alkyl carbamates (subject to hydrolysis) is 1. The van der Waals surface area contributed by atoms with E-state index in [2.05, 4.69) is 16.6 Å². The molecule has 1 amide bonds. The van der Waals surface area contributed by atoms with E-state index in [-0.39, 0.29) is 13.2 Å². The number of nitrogens with one attached hydrogen (secondary N) is 1. The fourth-order valence-corrected chi connectivity index (χ4v) is 1.03. The molecule has 62 valence electrons. The molecule has 0 bridgehead atoms.